The predicted molar refractivity (Wildman–Crippen MR) is 58.7 cm³/mol. The Morgan fingerprint density at radius 1 is 1.50 bits per heavy atom. The monoisotopic (exact) mass is 282 g/mol. The Labute approximate surface area is 99.0 Å². The quantitative estimate of drug-likeness (QED) is 0.816. The lowest BCUT2D eigenvalue weighted by molar-refractivity contribution is 0.102. The molecule has 0 bridgehead atoms. The van der Waals surface area contributed by atoms with Crippen LogP contribution in [0.2, 0.25) is 0 Å². The third kappa shape index (κ3) is 2.40. The number of aromatic nitrogens is 5. The summed E-state index contributed by atoms with van der Waals surface area (Å²) in [7, 11) is 1.61. The highest BCUT2D eigenvalue weighted by atomic mass is 79.9. The molecule has 2 aromatic heterocycles. The summed E-state index contributed by atoms with van der Waals surface area (Å²) in [6, 6.07) is 5.05. The zero-order chi connectivity index (χ0) is 11.5. The second kappa shape index (κ2) is 4.35. The largest absolute Gasteiger partial charge is 0.286 e. The van der Waals surface area contributed by atoms with Crippen molar-refractivity contribution < 1.29 is 4.79 Å². The molecule has 2 heterocycles. The molecule has 0 aliphatic rings. The van der Waals surface area contributed by atoms with Crippen molar-refractivity contribution in [1.29, 1.82) is 0 Å². The smallest absolute Gasteiger partial charge is 0.276 e. The van der Waals surface area contributed by atoms with E-state index in [4.69, 9.17) is 0 Å². The van der Waals surface area contributed by atoms with E-state index in [1.807, 2.05) is 0 Å². The molecule has 7 nitrogen and oxygen atoms in total. The van der Waals surface area contributed by atoms with E-state index in [1.54, 1.807) is 25.2 Å². The molecule has 8 heteroatoms. The number of halogens is 1. The maximum absolute atomic E-state index is 11.7. The molecule has 0 aromatic carbocycles. The van der Waals surface area contributed by atoms with Crippen LogP contribution < -0.4 is 5.32 Å². The fourth-order valence-corrected chi connectivity index (χ4v) is 1.38. The molecule has 0 aliphatic heterocycles. The SMILES string of the molecule is Cn1nnc(NC(=O)c2cccc(Br)n2)n1. The fourth-order valence-electron chi connectivity index (χ4n) is 1.03. The first-order valence-corrected chi connectivity index (χ1v) is 5.12. The molecule has 0 radical (unpaired) electrons. The Bertz CT molecular complexity index is 525. The van der Waals surface area contributed by atoms with Gasteiger partial charge in [0, 0.05) is 0 Å². The van der Waals surface area contributed by atoms with Crippen LogP contribution in [0.1, 0.15) is 10.5 Å². The van der Waals surface area contributed by atoms with Gasteiger partial charge in [0.1, 0.15) is 10.3 Å². The Balaban J connectivity index is 2.14. The zero-order valence-electron chi connectivity index (χ0n) is 8.25. The van der Waals surface area contributed by atoms with Gasteiger partial charge in [0.15, 0.2) is 0 Å². The molecule has 0 aliphatic carbocycles. The maximum Gasteiger partial charge on any atom is 0.276 e. The normalized spacial score (nSPS) is 10.1. The first-order valence-electron chi connectivity index (χ1n) is 4.33. The summed E-state index contributed by atoms with van der Waals surface area (Å²) in [6.45, 7) is 0. The molecule has 0 atom stereocenters. The van der Waals surface area contributed by atoms with Crippen molar-refractivity contribution in [3.05, 3.63) is 28.5 Å². The molecule has 1 amide bonds. The van der Waals surface area contributed by atoms with Crippen LogP contribution in [-0.4, -0.2) is 31.1 Å². The van der Waals surface area contributed by atoms with E-state index >= 15 is 0 Å². The summed E-state index contributed by atoms with van der Waals surface area (Å²) >= 11 is 3.18. The molecule has 0 unspecified atom stereocenters. The Morgan fingerprint density at radius 3 is 2.94 bits per heavy atom. The Morgan fingerprint density at radius 2 is 2.31 bits per heavy atom. The summed E-state index contributed by atoms with van der Waals surface area (Å²) in [5.74, 6) is -0.233. The van der Waals surface area contributed by atoms with E-state index in [1.165, 1.54) is 4.80 Å². The van der Waals surface area contributed by atoms with Crippen LogP contribution in [0.3, 0.4) is 0 Å². The lowest BCUT2D eigenvalue weighted by Gasteiger charge is -1.99. The van der Waals surface area contributed by atoms with Crippen LogP contribution in [0.15, 0.2) is 22.8 Å². The van der Waals surface area contributed by atoms with E-state index in [9.17, 15) is 4.79 Å². The molecular formula is C8H7BrN6O. The number of anilines is 1. The zero-order valence-corrected chi connectivity index (χ0v) is 9.84. The number of amides is 1. The van der Waals surface area contributed by atoms with Crippen LogP contribution in [0.5, 0.6) is 0 Å². The van der Waals surface area contributed by atoms with Gasteiger partial charge in [-0.05, 0) is 33.3 Å². The number of hydrogen-bond acceptors (Lipinski definition) is 5. The van der Waals surface area contributed by atoms with Gasteiger partial charge in [0.25, 0.3) is 11.9 Å². The molecule has 0 spiro atoms. The molecule has 16 heavy (non-hydrogen) atoms. The molecule has 1 N–H and O–H groups in total. The van der Waals surface area contributed by atoms with Crippen LogP contribution in [0, 0.1) is 0 Å². The van der Waals surface area contributed by atoms with Crippen molar-refractivity contribution in [2.45, 2.75) is 0 Å². The number of nitrogens with zero attached hydrogens (tertiary/aromatic N) is 5. The van der Waals surface area contributed by atoms with E-state index in [-0.39, 0.29) is 17.5 Å². The number of carbonyl (C=O) groups excluding carboxylic acids is 1. The van der Waals surface area contributed by atoms with Crippen molar-refractivity contribution in [2.75, 3.05) is 5.32 Å². The lowest BCUT2D eigenvalue weighted by Crippen LogP contribution is -2.14. The van der Waals surface area contributed by atoms with Gasteiger partial charge in [-0.1, -0.05) is 11.2 Å². The van der Waals surface area contributed by atoms with Crippen LogP contribution >= 0.6 is 15.9 Å². The van der Waals surface area contributed by atoms with Crippen LogP contribution in [-0.2, 0) is 7.05 Å². The summed E-state index contributed by atoms with van der Waals surface area (Å²) in [5, 5.41) is 13.5. The van der Waals surface area contributed by atoms with Gasteiger partial charge in [-0.15, -0.1) is 5.10 Å². The van der Waals surface area contributed by atoms with E-state index in [2.05, 4.69) is 41.6 Å². The number of aryl methyl sites for hydroxylation is 1. The Hall–Kier alpha value is -1.83. The number of rotatable bonds is 2. The van der Waals surface area contributed by atoms with Gasteiger partial charge in [-0.25, -0.2) is 4.98 Å². The fraction of sp³-hybridized carbons (Fsp3) is 0.125. The molecule has 2 rings (SSSR count). The summed E-state index contributed by atoms with van der Waals surface area (Å²) in [6.07, 6.45) is 0. The molecule has 0 saturated carbocycles. The minimum absolute atomic E-state index is 0.147. The summed E-state index contributed by atoms with van der Waals surface area (Å²) in [5.41, 5.74) is 0.279. The van der Waals surface area contributed by atoms with Crippen molar-refractivity contribution in [1.82, 2.24) is 25.2 Å². The lowest BCUT2D eigenvalue weighted by atomic mass is 10.3. The Kier molecular flexibility index (Phi) is 2.91. The minimum atomic E-state index is -0.380. The highest BCUT2D eigenvalue weighted by molar-refractivity contribution is 9.10. The molecule has 2 aromatic rings. The van der Waals surface area contributed by atoms with Crippen molar-refractivity contribution in [3.8, 4) is 0 Å². The maximum atomic E-state index is 11.7. The van der Waals surface area contributed by atoms with Crippen molar-refractivity contribution in [2.24, 2.45) is 7.05 Å². The first kappa shape index (κ1) is 10.7. The highest BCUT2D eigenvalue weighted by Gasteiger charge is 2.10. The number of pyridine rings is 1. The van der Waals surface area contributed by atoms with Crippen molar-refractivity contribution >= 4 is 27.8 Å². The second-order valence-electron chi connectivity index (χ2n) is 2.90. The highest BCUT2D eigenvalue weighted by Crippen LogP contribution is 2.07. The van der Waals surface area contributed by atoms with E-state index in [0.29, 0.717) is 4.60 Å². The van der Waals surface area contributed by atoms with E-state index in [0.717, 1.165) is 0 Å². The van der Waals surface area contributed by atoms with Crippen LogP contribution in [0.4, 0.5) is 5.95 Å². The number of tetrazole rings is 1. The molecular weight excluding hydrogens is 276 g/mol. The van der Waals surface area contributed by atoms with Crippen LogP contribution in [0.25, 0.3) is 0 Å². The molecule has 0 saturated heterocycles. The van der Waals surface area contributed by atoms with Gasteiger partial charge in [0.05, 0.1) is 7.05 Å². The number of carbonyl (C=O) groups is 1. The van der Waals surface area contributed by atoms with Gasteiger partial charge in [0.2, 0.25) is 0 Å². The average molecular weight is 283 g/mol. The summed E-state index contributed by atoms with van der Waals surface area (Å²) < 4.78 is 0.590. The molecule has 82 valence electrons. The van der Waals surface area contributed by atoms with Gasteiger partial charge < -0.3 is 0 Å². The second-order valence-corrected chi connectivity index (χ2v) is 3.71. The van der Waals surface area contributed by atoms with Crippen molar-refractivity contribution in [3.63, 3.8) is 0 Å². The minimum Gasteiger partial charge on any atom is -0.286 e. The summed E-state index contributed by atoms with van der Waals surface area (Å²) in [4.78, 5) is 16.9. The number of hydrogen-bond donors (Lipinski definition) is 1. The van der Waals surface area contributed by atoms with Gasteiger partial charge >= 0.3 is 0 Å². The predicted octanol–water partition coefficient (Wildman–Crippen LogP) is 0.620. The standard InChI is InChI=1S/C8H7BrN6O/c1-15-13-8(12-14-15)11-7(16)5-3-2-4-6(9)10-5/h2-4H,1H3,(H,11,13,16). The van der Waals surface area contributed by atoms with Gasteiger partial charge in [-0.2, -0.15) is 4.80 Å². The van der Waals surface area contributed by atoms with Gasteiger partial charge in [-0.3, -0.25) is 10.1 Å². The molecule has 0 fully saturated rings. The third-order valence-electron chi connectivity index (χ3n) is 1.68. The average Bonchev–Trinajstić information content (AvgIpc) is 2.64. The number of nitrogens with one attached hydrogen (secondary N) is 1. The topological polar surface area (TPSA) is 85.6 Å². The first-order chi connectivity index (χ1) is 7.65. The third-order valence-corrected chi connectivity index (χ3v) is 2.12. The van der Waals surface area contributed by atoms with E-state index < -0.39 is 0 Å².